The van der Waals surface area contributed by atoms with E-state index in [-0.39, 0.29) is 5.91 Å². The van der Waals surface area contributed by atoms with Crippen LogP contribution in [0.5, 0.6) is 0 Å². The van der Waals surface area contributed by atoms with Gasteiger partial charge in [-0.15, -0.1) is 0 Å². The average molecular weight is 264 g/mol. The molecule has 1 aromatic rings. The summed E-state index contributed by atoms with van der Waals surface area (Å²) in [5.41, 5.74) is 1.67. The predicted molar refractivity (Wildman–Crippen MR) is 75.3 cm³/mol. The van der Waals surface area contributed by atoms with E-state index >= 15 is 0 Å². The summed E-state index contributed by atoms with van der Waals surface area (Å²) < 4.78 is 1.71. The molecule has 2 heterocycles. The van der Waals surface area contributed by atoms with Gasteiger partial charge >= 0.3 is 0 Å². The Morgan fingerprint density at radius 1 is 1.53 bits per heavy atom. The number of rotatable bonds is 3. The van der Waals surface area contributed by atoms with E-state index in [4.69, 9.17) is 0 Å². The molecule has 2 rings (SSSR count). The molecule has 0 spiro atoms. The van der Waals surface area contributed by atoms with Gasteiger partial charge in [0.25, 0.3) is 5.91 Å². The summed E-state index contributed by atoms with van der Waals surface area (Å²) in [7, 11) is 3.80. The molecule has 1 aliphatic heterocycles. The van der Waals surface area contributed by atoms with Crippen molar-refractivity contribution in [1.29, 1.82) is 0 Å². The van der Waals surface area contributed by atoms with Gasteiger partial charge < -0.3 is 10.2 Å². The molecule has 0 saturated carbocycles. The van der Waals surface area contributed by atoms with Crippen LogP contribution >= 0.6 is 0 Å². The number of carbonyl (C=O) groups is 1. The van der Waals surface area contributed by atoms with Crippen LogP contribution in [-0.2, 0) is 7.05 Å². The Morgan fingerprint density at radius 3 is 2.84 bits per heavy atom. The Bertz CT molecular complexity index is 452. The second-order valence-corrected chi connectivity index (χ2v) is 5.61. The molecule has 5 heteroatoms. The van der Waals surface area contributed by atoms with E-state index in [2.05, 4.69) is 24.3 Å². The number of piperidine rings is 1. The summed E-state index contributed by atoms with van der Waals surface area (Å²) in [5, 5.41) is 7.68. The molecule has 0 bridgehead atoms. The lowest BCUT2D eigenvalue weighted by molar-refractivity contribution is 0.0687. The first-order chi connectivity index (χ1) is 9.02. The van der Waals surface area contributed by atoms with Crippen molar-refractivity contribution in [2.24, 2.45) is 7.05 Å². The molecule has 1 unspecified atom stereocenters. The van der Waals surface area contributed by atoms with Crippen LogP contribution in [0.2, 0.25) is 0 Å². The van der Waals surface area contributed by atoms with E-state index in [1.807, 2.05) is 25.1 Å². The molecule has 106 valence electrons. The summed E-state index contributed by atoms with van der Waals surface area (Å²) in [5.74, 6) is 0.445. The van der Waals surface area contributed by atoms with Crippen molar-refractivity contribution in [3.05, 3.63) is 17.5 Å². The van der Waals surface area contributed by atoms with Crippen molar-refractivity contribution in [1.82, 2.24) is 20.0 Å². The zero-order valence-corrected chi connectivity index (χ0v) is 12.3. The smallest absolute Gasteiger partial charge is 0.272 e. The van der Waals surface area contributed by atoms with Gasteiger partial charge in [-0.25, -0.2) is 0 Å². The van der Waals surface area contributed by atoms with Crippen LogP contribution in [0.25, 0.3) is 0 Å². The fourth-order valence-corrected chi connectivity index (χ4v) is 2.53. The Balaban J connectivity index is 2.14. The molecule has 1 N–H and O–H groups in total. The van der Waals surface area contributed by atoms with Crippen molar-refractivity contribution in [2.75, 3.05) is 20.1 Å². The number of nitrogens with zero attached hydrogens (tertiary/aromatic N) is 3. The standard InChI is InChI=1S/C14H24N4O/c1-10(2)12-8-13(17(4)16-12)14(19)18-7-5-6-11(9-18)15-3/h8,10-11,15H,5-7,9H2,1-4H3. The second kappa shape index (κ2) is 5.74. The topological polar surface area (TPSA) is 50.2 Å². The van der Waals surface area contributed by atoms with Crippen LogP contribution in [-0.4, -0.2) is 46.8 Å². The zero-order valence-electron chi connectivity index (χ0n) is 12.3. The second-order valence-electron chi connectivity index (χ2n) is 5.61. The lowest BCUT2D eigenvalue weighted by Crippen LogP contribution is -2.47. The Morgan fingerprint density at radius 2 is 2.26 bits per heavy atom. The predicted octanol–water partition coefficient (Wildman–Crippen LogP) is 1.37. The number of carbonyl (C=O) groups excluding carboxylic acids is 1. The van der Waals surface area contributed by atoms with Crippen molar-refractivity contribution >= 4 is 5.91 Å². The fourth-order valence-electron chi connectivity index (χ4n) is 2.53. The first-order valence-corrected chi connectivity index (χ1v) is 7.03. The summed E-state index contributed by atoms with van der Waals surface area (Å²) in [6.07, 6.45) is 2.20. The van der Waals surface area contributed by atoms with Crippen LogP contribution in [0.4, 0.5) is 0 Å². The maximum absolute atomic E-state index is 12.6. The minimum atomic E-state index is 0.0989. The van der Waals surface area contributed by atoms with Crippen molar-refractivity contribution < 1.29 is 4.79 Å². The number of amides is 1. The van der Waals surface area contributed by atoms with E-state index in [1.54, 1.807) is 4.68 Å². The van der Waals surface area contributed by atoms with Gasteiger partial charge in [0.05, 0.1) is 5.69 Å². The summed E-state index contributed by atoms with van der Waals surface area (Å²) in [6, 6.07) is 2.34. The lowest BCUT2D eigenvalue weighted by atomic mass is 10.1. The highest BCUT2D eigenvalue weighted by atomic mass is 16.2. The minimum absolute atomic E-state index is 0.0989. The molecule has 1 aromatic heterocycles. The monoisotopic (exact) mass is 264 g/mol. The molecule has 0 aliphatic carbocycles. The van der Waals surface area contributed by atoms with Gasteiger partial charge in [-0.1, -0.05) is 13.8 Å². The summed E-state index contributed by atoms with van der Waals surface area (Å²) >= 11 is 0. The van der Waals surface area contributed by atoms with Gasteiger partial charge in [-0.05, 0) is 31.9 Å². The Labute approximate surface area is 115 Å². The van der Waals surface area contributed by atoms with Crippen molar-refractivity contribution in [3.63, 3.8) is 0 Å². The third kappa shape index (κ3) is 2.97. The van der Waals surface area contributed by atoms with Crippen LogP contribution in [0, 0.1) is 0 Å². The molecule has 5 nitrogen and oxygen atoms in total. The van der Waals surface area contributed by atoms with Crippen molar-refractivity contribution in [3.8, 4) is 0 Å². The van der Waals surface area contributed by atoms with E-state index in [9.17, 15) is 4.79 Å². The molecular formula is C14H24N4O. The number of hydrogen-bond acceptors (Lipinski definition) is 3. The van der Waals surface area contributed by atoms with E-state index in [0.717, 1.165) is 31.6 Å². The molecule has 1 saturated heterocycles. The average Bonchev–Trinajstić information content (AvgIpc) is 2.80. The van der Waals surface area contributed by atoms with E-state index in [0.29, 0.717) is 17.7 Å². The van der Waals surface area contributed by atoms with Gasteiger partial charge in [0.1, 0.15) is 5.69 Å². The van der Waals surface area contributed by atoms with E-state index in [1.165, 1.54) is 0 Å². The fraction of sp³-hybridized carbons (Fsp3) is 0.714. The molecule has 0 aromatic carbocycles. The van der Waals surface area contributed by atoms with Crippen LogP contribution in [0.1, 0.15) is 48.8 Å². The Hall–Kier alpha value is -1.36. The molecule has 0 radical (unpaired) electrons. The molecule has 1 fully saturated rings. The molecule has 1 aliphatic rings. The van der Waals surface area contributed by atoms with Crippen LogP contribution < -0.4 is 5.32 Å². The number of hydrogen-bond donors (Lipinski definition) is 1. The quantitative estimate of drug-likeness (QED) is 0.897. The highest BCUT2D eigenvalue weighted by Gasteiger charge is 2.26. The van der Waals surface area contributed by atoms with Gasteiger partial charge in [0.15, 0.2) is 0 Å². The first kappa shape index (κ1) is 14.1. The number of aromatic nitrogens is 2. The van der Waals surface area contributed by atoms with Gasteiger partial charge in [-0.3, -0.25) is 9.48 Å². The molecule has 1 atom stereocenters. The highest BCUT2D eigenvalue weighted by molar-refractivity contribution is 5.92. The molecule has 19 heavy (non-hydrogen) atoms. The summed E-state index contributed by atoms with van der Waals surface area (Å²) in [4.78, 5) is 14.5. The largest absolute Gasteiger partial charge is 0.336 e. The van der Waals surface area contributed by atoms with Crippen LogP contribution in [0.3, 0.4) is 0 Å². The number of likely N-dealkylation sites (tertiary alicyclic amines) is 1. The zero-order chi connectivity index (χ0) is 14.0. The maximum Gasteiger partial charge on any atom is 0.272 e. The summed E-state index contributed by atoms with van der Waals surface area (Å²) in [6.45, 7) is 5.82. The molecular weight excluding hydrogens is 240 g/mol. The highest BCUT2D eigenvalue weighted by Crippen LogP contribution is 2.17. The van der Waals surface area contributed by atoms with E-state index < -0.39 is 0 Å². The van der Waals surface area contributed by atoms with Crippen molar-refractivity contribution in [2.45, 2.75) is 38.6 Å². The maximum atomic E-state index is 12.6. The SMILES string of the molecule is CNC1CCCN(C(=O)c2cc(C(C)C)nn2C)C1. The Kier molecular flexibility index (Phi) is 4.24. The van der Waals surface area contributed by atoms with Crippen LogP contribution in [0.15, 0.2) is 6.07 Å². The number of aryl methyl sites for hydroxylation is 1. The van der Waals surface area contributed by atoms with Gasteiger partial charge in [-0.2, -0.15) is 5.10 Å². The number of likely N-dealkylation sites (N-methyl/N-ethyl adjacent to an activating group) is 1. The first-order valence-electron chi connectivity index (χ1n) is 7.03. The van der Waals surface area contributed by atoms with Gasteiger partial charge in [0.2, 0.25) is 0 Å². The van der Waals surface area contributed by atoms with Gasteiger partial charge in [0, 0.05) is 26.2 Å². The normalized spacial score (nSPS) is 20.1. The molecule has 1 amide bonds. The minimum Gasteiger partial charge on any atom is -0.336 e. The third-order valence-electron chi connectivity index (χ3n) is 3.83. The lowest BCUT2D eigenvalue weighted by Gasteiger charge is -2.32. The number of nitrogens with one attached hydrogen (secondary N) is 1. The third-order valence-corrected chi connectivity index (χ3v) is 3.83.